The van der Waals surface area contributed by atoms with Crippen molar-refractivity contribution in [1.82, 2.24) is 0 Å². The Balaban J connectivity index is 2.00. The highest BCUT2D eigenvalue weighted by atomic mass is 15.1. The molecule has 0 saturated carbocycles. The topological polar surface area (TPSA) is 30.3 Å². The van der Waals surface area contributed by atoms with Crippen LogP contribution in [0.3, 0.4) is 0 Å². The maximum absolute atomic E-state index is 8.83. The third-order valence-electron chi connectivity index (χ3n) is 3.53. The highest BCUT2D eigenvalue weighted by Crippen LogP contribution is 2.23. The number of nitriles is 1. The minimum Gasteiger partial charge on any atom is -0.373 e. The van der Waals surface area contributed by atoms with E-state index in [1.807, 2.05) is 14.0 Å². The zero-order chi connectivity index (χ0) is 13.0. The third-order valence-corrected chi connectivity index (χ3v) is 3.53. The molecule has 1 fully saturated rings. The fourth-order valence-corrected chi connectivity index (χ4v) is 2.45. The Labute approximate surface area is 110 Å². The summed E-state index contributed by atoms with van der Waals surface area (Å²) in [4.78, 5) is 4.57. The Bertz CT molecular complexity index is 412. The molecule has 2 rings (SSSR count). The van der Waals surface area contributed by atoms with E-state index in [0.29, 0.717) is 0 Å². The first kappa shape index (κ1) is 12.8. The van der Waals surface area contributed by atoms with Crippen LogP contribution in [0.2, 0.25) is 0 Å². The van der Waals surface area contributed by atoms with Crippen molar-refractivity contribution in [3.63, 3.8) is 0 Å². The number of rotatable bonds is 4. The molecular weight excluding hydrogens is 222 g/mol. The molecule has 0 aliphatic carbocycles. The van der Waals surface area contributed by atoms with E-state index in [1.165, 1.54) is 37.3 Å². The molecule has 1 aliphatic heterocycles. The second-order valence-corrected chi connectivity index (χ2v) is 5.12. The van der Waals surface area contributed by atoms with Gasteiger partial charge in [-0.3, -0.25) is 0 Å². The summed E-state index contributed by atoms with van der Waals surface area (Å²) < 4.78 is 0. The van der Waals surface area contributed by atoms with E-state index in [-0.39, 0.29) is 5.92 Å². The van der Waals surface area contributed by atoms with Crippen molar-refractivity contribution < 1.29 is 0 Å². The highest BCUT2D eigenvalue weighted by molar-refractivity contribution is 5.56. The quantitative estimate of drug-likeness (QED) is 0.814. The van der Waals surface area contributed by atoms with E-state index in [4.69, 9.17) is 5.26 Å². The van der Waals surface area contributed by atoms with Gasteiger partial charge in [0.25, 0.3) is 0 Å². The zero-order valence-corrected chi connectivity index (χ0v) is 11.3. The lowest BCUT2D eigenvalue weighted by molar-refractivity contribution is 0.716. The van der Waals surface area contributed by atoms with Gasteiger partial charge in [0.15, 0.2) is 0 Å². The van der Waals surface area contributed by atoms with Gasteiger partial charge in [0.2, 0.25) is 0 Å². The molecule has 1 unspecified atom stereocenters. The van der Waals surface area contributed by atoms with Gasteiger partial charge in [0, 0.05) is 38.1 Å². The van der Waals surface area contributed by atoms with Gasteiger partial charge in [-0.1, -0.05) is 0 Å². The molecule has 0 radical (unpaired) electrons. The van der Waals surface area contributed by atoms with Gasteiger partial charge in [0.1, 0.15) is 0 Å². The molecule has 1 heterocycles. The van der Waals surface area contributed by atoms with E-state index in [9.17, 15) is 0 Å². The molecule has 1 aliphatic rings. The maximum atomic E-state index is 8.83. The standard InChI is InChI=1S/C15H21N3/c1-13(11-16)12-17(2)14-5-7-15(8-6-14)18-9-3-4-10-18/h5-8,13H,3-4,9-10,12H2,1-2H3. The minimum absolute atomic E-state index is 0.0632. The van der Waals surface area contributed by atoms with Gasteiger partial charge in [-0.25, -0.2) is 0 Å². The number of benzene rings is 1. The molecule has 96 valence electrons. The van der Waals surface area contributed by atoms with E-state index in [1.54, 1.807) is 0 Å². The van der Waals surface area contributed by atoms with Crippen molar-refractivity contribution in [2.75, 3.05) is 36.5 Å². The number of hydrogen-bond acceptors (Lipinski definition) is 3. The molecule has 0 bridgehead atoms. The maximum Gasteiger partial charge on any atom is 0.0671 e. The first-order chi connectivity index (χ1) is 8.70. The molecule has 1 saturated heterocycles. The normalized spacial score (nSPS) is 16.4. The van der Waals surface area contributed by atoms with Crippen LogP contribution >= 0.6 is 0 Å². The summed E-state index contributed by atoms with van der Waals surface area (Å²) in [6.45, 7) is 5.09. The highest BCUT2D eigenvalue weighted by Gasteiger charge is 2.12. The Morgan fingerprint density at radius 1 is 1.28 bits per heavy atom. The first-order valence-electron chi connectivity index (χ1n) is 6.66. The molecule has 3 nitrogen and oxygen atoms in total. The lowest BCUT2D eigenvalue weighted by Gasteiger charge is -2.22. The molecule has 0 N–H and O–H groups in total. The van der Waals surface area contributed by atoms with Crippen molar-refractivity contribution >= 4 is 11.4 Å². The molecule has 0 spiro atoms. The Morgan fingerprint density at radius 2 is 1.89 bits per heavy atom. The van der Waals surface area contributed by atoms with Gasteiger partial charge in [-0.2, -0.15) is 5.26 Å². The predicted molar refractivity (Wildman–Crippen MR) is 75.9 cm³/mol. The van der Waals surface area contributed by atoms with Crippen LogP contribution in [0, 0.1) is 17.2 Å². The molecular formula is C15H21N3. The van der Waals surface area contributed by atoms with Crippen LogP contribution in [0.15, 0.2) is 24.3 Å². The average Bonchev–Trinajstić information content (AvgIpc) is 2.92. The van der Waals surface area contributed by atoms with Crippen molar-refractivity contribution in [2.45, 2.75) is 19.8 Å². The summed E-state index contributed by atoms with van der Waals surface area (Å²) >= 11 is 0. The zero-order valence-electron chi connectivity index (χ0n) is 11.3. The fraction of sp³-hybridized carbons (Fsp3) is 0.533. The fourth-order valence-electron chi connectivity index (χ4n) is 2.45. The van der Waals surface area contributed by atoms with Crippen LogP contribution in [0.5, 0.6) is 0 Å². The number of anilines is 2. The second kappa shape index (κ2) is 5.77. The van der Waals surface area contributed by atoms with Gasteiger partial charge in [-0.05, 0) is 44.0 Å². The van der Waals surface area contributed by atoms with Crippen molar-refractivity contribution in [1.29, 1.82) is 5.26 Å². The summed E-state index contributed by atoms with van der Waals surface area (Å²) in [5.74, 6) is 0.0632. The van der Waals surface area contributed by atoms with E-state index < -0.39 is 0 Å². The third kappa shape index (κ3) is 2.95. The van der Waals surface area contributed by atoms with Crippen LogP contribution in [-0.4, -0.2) is 26.7 Å². The Morgan fingerprint density at radius 3 is 2.44 bits per heavy atom. The van der Waals surface area contributed by atoms with Gasteiger partial charge in [0.05, 0.1) is 12.0 Å². The van der Waals surface area contributed by atoms with Crippen LogP contribution in [0.4, 0.5) is 11.4 Å². The summed E-state index contributed by atoms with van der Waals surface area (Å²) in [6, 6.07) is 11.0. The van der Waals surface area contributed by atoms with E-state index in [2.05, 4.69) is 40.1 Å². The van der Waals surface area contributed by atoms with Crippen LogP contribution in [-0.2, 0) is 0 Å². The van der Waals surface area contributed by atoms with Crippen LogP contribution in [0.1, 0.15) is 19.8 Å². The molecule has 18 heavy (non-hydrogen) atoms. The molecule has 0 amide bonds. The second-order valence-electron chi connectivity index (χ2n) is 5.12. The van der Waals surface area contributed by atoms with Crippen LogP contribution in [0.25, 0.3) is 0 Å². The lowest BCUT2D eigenvalue weighted by Crippen LogP contribution is -2.23. The van der Waals surface area contributed by atoms with Crippen LogP contribution < -0.4 is 9.80 Å². The van der Waals surface area contributed by atoms with Crippen molar-refractivity contribution in [3.8, 4) is 6.07 Å². The van der Waals surface area contributed by atoms with E-state index in [0.717, 1.165) is 6.54 Å². The largest absolute Gasteiger partial charge is 0.373 e. The molecule has 1 atom stereocenters. The molecule has 3 heteroatoms. The van der Waals surface area contributed by atoms with Gasteiger partial charge in [-0.15, -0.1) is 0 Å². The summed E-state index contributed by atoms with van der Waals surface area (Å²) in [5.41, 5.74) is 2.50. The SMILES string of the molecule is CC(C#N)CN(C)c1ccc(N2CCCC2)cc1. The Hall–Kier alpha value is -1.69. The summed E-state index contributed by atoms with van der Waals surface area (Å²) in [6.07, 6.45) is 2.61. The molecule has 0 aromatic heterocycles. The summed E-state index contributed by atoms with van der Waals surface area (Å²) in [7, 11) is 2.04. The van der Waals surface area contributed by atoms with Crippen molar-refractivity contribution in [2.24, 2.45) is 5.92 Å². The molecule has 1 aromatic rings. The number of hydrogen-bond donors (Lipinski definition) is 0. The average molecular weight is 243 g/mol. The first-order valence-corrected chi connectivity index (χ1v) is 6.66. The monoisotopic (exact) mass is 243 g/mol. The summed E-state index contributed by atoms with van der Waals surface area (Å²) in [5, 5.41) is 8.83. The predicted octanol–water partition coefficient (Wildman–Crippen LogP) is 2.88. The minimum atomic E-state index is 0.0632. The van der Waals surface area contributed by atoms with Crippen molar-refractivity contribution in [3.05, 3.63) is 24.3 Å². The number of nitrogens with zero attached hydrogens (tertiary/aromatic N) is 3. The lowest BCUT2D eigenvalue weighted by atomic mass is 10.2. The Kier molecular flexibility index (Phi) is 4.09. The smallest absolute Gasteiger partial charge is 0.0671 e. The van der Waals surface area contributed by atoms with Gasteiger partial charge >= 0.3 is 0 Å². The van der Waals surface area contributed by atoms with E-state index >= 15 is 0 Å². The molecule has 1 aromatic carbocycles. The van der Waals surface area contributed by atoms with Gasteiger partial charge < -0.3 is 9.80 Å².